The number of rotatable bonds is 24. The standard InChI is InChI=1S/C29H58O2/c1-5-8-10-12-14-15-16-18-20-22-25-28(23-7-3)26-31-29(30)27(4)24-21-19-17-13-11-9-6-2/h27-28H,5-26H2,1-4H3. The molecule has 0 aromatic rings. The molecule has 0 aromatic carbocycles. The first-order valence-corrected chi connectivity index (χ1v) is 14.3. The Bertz CT molecular complexity index is 366. The van der Waals surface area contributed by atoms with Crippen molar-refractivity contribution in [3.63, 3.8) is 0 Å². The van der Waals surface area contributed by atoms with Crippen molar-refractivity contribution >= 4 is 5.97 Å². The average Bonchev–Trinajstić information content (AvgIpc) is 2.77. The minimum atomic E-state index is 0.0372. The Balaban J connectivity index is 3.74. The van der Waals surface area contributed by atoms with Crippen molar-refractivity contribution in [3.05, 3.63) is 0 Å². The SMILES string of the molecule is CCCCCCCCCCCCC(CCC)COC(=O)C(C)CCCCCCCCC. The van der Waals surface area contributed by atoms with E-state index in [1.165, 1.54) is 128 Å². The van der Waals surface area contributed by atoms with E-state index in [9.17, 15) is 4.79 Å². The summed E-state index contributed by atoms with van der Waals surface area (Å²) in [6, 6.07) is 0. The lowest BCUT2D eigenvalue weighted by Gasteiger charge is -2.18. The van der Waals surface area contributed by atoms with Crippen LogP contribution in [-0.2, 0) is 9.53 Å². The van der Waals surface area contributed by atoms with E-state index in [1.54, 1.807) is 0 Å². The van der Waals surface area contributed by atoms with Crippen LogP contribution in [0.4, 0.5) is 0 Å². The van der Waals surface area contributed by atoms with Gasteiger partial charge in [-0.2, -0.15) is 0 Å². The second kappa shape index (κ2) is 24.1. The highest BCUT2D eigenvalue weighted by molar-refractivity contribution is 5.71. The lowest BCUT2D eigenvalue weighted by Crippen LogP contribution is -2.19. The van der Waals surface area contributed by atoms with E-state index in [0.29, 0.717) is 12.5 Å². The zero-order chi connectivity index (χ0) is 23.0. The van der Waals surface area contributed by atoms with Gasteiger partial charge in [-0.25, -0.2) is 0 Å². The molecule has 0 bridgehead atoms. The molecule has 0 aliphatic rings. The predicted molar refractivity (Wildman–Crippen MR) is 138 cm³/mol. The van der Waals surface area contributed by atoms with E-state index in [2.05, 4.69) is 27.7 Å². The van der Waals surface area contributed by atoms with Gasteiger partial charge in [-0.3, -0.25) is 4.79 Å². The van der Waals surface area contributed by atoms with Crippen LogP contribution in [0.25, 0.3) is 0 Å². The first-order chi connectivity index (χ1) is 15.2. The molecule has 0 aromatic heterocycles. The Morgan fingerprint density at radius 2 is 0.968 bits per heavy atom. The molecule has 2 unspecified atom stereocenters. The summed E-state index contributed by atoms with van der Waals surface area (Å²) in [5.74, 6) is 0.666. The van der Waals surface area contributed by atoms with Crippen LogP contribution in [0.3, 0.4) is 0 Å². The molecule has 0 aliphatic heterocycles. The molecule has 0 rings (SSSR count). The number of esters is 1. The van der Waals surface area contributed by atoms with Crippen molar-refractivity contribution in [3.8, 4) is 0 Å². The normalized spacial score (nSPS) is 13.3. The topological polar surface area (TPSA) is 26.3 Å². The van der Waals surface area contributed by atoms with Gasteiger partial charge in [0.2, 0.25) is 0 Å². The number of hydrogen-bond acceptors (Lipinski definition) is 2. The van der Waals surface area contributed by atoms with Crippen LogP contribution in [0.2, 0.25) is 0 Å². The van der Waals surface area contributed by atoms with E-state index in [0.717, 1.165) is 6.42 Å². The molecule has 0 saturated carbocycles. The third-order valence-electron chi connectivity index (χ3n) is 6.77. The highest BCUT2D eigenvalue weighted by Gasteiger charge is 2.16. The number of hydrogen-bond donors (Lipinski definition) is 0. The Labute approximate surface area is 196 Å². The van der Waals surface area contributed by atoms with Gasteiger partial charge in [0.05, 0.1) is 12.5 Å². The lowest BCUT2D eigenvalue weighted by molar-refractivity contribution is -0.149. The first-order valence-electron chi connectivity index (χ1n) is 14.3. The van der Waals surface area contributed by atoms with Crippen LogP contribution < -0.4 is 0 Å². The minimum absolute atomic E-state index is 0.0372. The molecule has 0 aliphatic carbocycles. The van der Waals surface area contributed by atoms with Crippen LogP contribution in [0.5, 0.6) is 0 Å². The monoisotopic (exact) mass is 438 g/mol. The molecule has 0 N–H and O–H groups in total. The number of carbonyl (C=O) groups excluding carboxylic acids is 1. The molecule has 186 valence electrons. The molecule has 0 saturated heterocycles. The fraction of sp³-hybridized carbons (Fsp3) is 0.966. The van der Waals surface area contributed by atoms with Crippen molar-refractivity contribution in [2.24, 2.45) is 11.8 Å². The molecule has 0 amide bonds. The van der Waals surface area contributed by atoms with Crippen molar-refractivity contribution in [1.29, 1.82) is 0 Å². The molecule has 0 radical (unpaired) electrons. The van der Waals surface area contributed by atoms with Crippen molar-refractivity contribution < 1.29 is 9.53 Å². The van der Waals surface area contributed by atoms with E-state index in [1.807, 2.05) is 0 Å². The molecule has 0 fully saturated rings. The van der Waals surface area contributed by atoms with Crippen molar-refractivity contribution in [2.45, 2.75) is 163 Å². The summed E-state index contributed by atoms with van der Waals surface area (Å²) < 4.78 is 5.73. The van der Waals surface area contributed by atoms with Crippen LogP contribution in [-0.4, -0.2) is 12.6 Å². The van der Waals surface area contributed by atoms with Gasteiger partial charge in [0.15, 0.2) is 0 Å². The van der Waals surface area contributed by atoms with Gasteiger partial charge in [0.1, 0.15) is 0 Å². The Kier molecular flexibility index (Phi) is 23.7. The van der Waals surface area contributed by atoms with Crippen LogP contribution >= 0.6 is 0 Å². The van der Waals surface area contributed by atoms with Crippen molar-refractivity contribution in [1.82, 2.24) is 0 Å². The third-order valence-corrected chi connectivity index (χ3v) is 6.77. The van der Waals surface area contributed by atoms with Gasteiger partial charge in [-0.1, -0.05) is 143 Å². The quantitative estimate of drug-likeness (QED) is 0.111. The Hall–Kier alpha value is -0.530. The maximum Gasteiger partial charge on any atom is 0.308 e. The second-order valence-electron chi connectivity index (χ2n) is 10.1. The molecular formula is C29H58O2. The fourth-order valence-electron chi connectivity index (χ4n) is 4.51. The van der Waals surface area contributed by atoms with Gasteiger partial charge >= 0.3 is 5.97 Å². The summed E-state index contributed by atoms with van der Waals surface area (Å²) in [4.78, 5) is 12.4. The lowest BCUT2D eigenvalue weighted by atomic mass is 9.96. The zero-order valence-electron chi connectivity index (χ0n) is 22.0. The predicted octanol–water partition coefficient (Wildman–Crippen LogP) is 10.0. The van der Waals surface area contributed by atoms with Gasteiger partial charge in [0.25, 0.3) is 0 Å². The molecule has 2 heteroatoms. The average molecular weight is 439 g/mol. The molecule has 2 nitrogen and oxygen atoms in total. The van der Waals surface area contributed by atoms with E-state index in [4.69, 9.17) is 4.74 Å². The number of unbranched alkanes of at least 4 members (excludes halogenated alkanes) is 15. The Morgan fingerprint density at radius 3 is 1.42 bits per heavy atom. The summed E-state index contributed by atoms with van der Waals surface area (Å²) in [7, 11) is 0. The highest BCUT2D eigenvalue weighted by Crippen LogP contribution is 2.19. The van der Waals surface area contributed by atoms with Crippen LogP contribution in [0.15, 0.2) is 0 Å². The summed E-state index contributed by atoms with van der Waals surface area (Å²) in [6.07, 6.45) is 27.6. The fourth-order valence-corrected chi connectivity index (χ4v) is 4.51. The maximum atomic E-state index is 12.4. The van der Waals surface area contributed by atoms with Crippen molar-refractivity contribution in [2.75, 3.05) is 6.61 Å². The minimum Gasteiger partial charge on any atom is -0.465 e. The number of ether oxygens (including phenoxy) is 1. The molecule has 0 heterocycles. The molecule has 31 heavy (non-hydrogen) atoms. The molecule has 2 atom stereocenters. The molecule has 0 spiro atoms. The van der Waals surface area contributed by atoms with Gasteiger partial charge < -0.3 is 4.74 Å². The zero-order valence-corrected chi connectivity index (χ0v) is 22.0. The summed E-state index contributed by atoms with van der Waals surface area (Å²) >= 11 is 0. The number of carbonyl (C=O) groups is 1. The van der Waals surface area contributed by atoms with Gasteiger partial charge in [-0.05, 0) is 25.2 Å². The smallest absolute Gasteiger partial charge is 0.308 e. The Morgan fingerprint density at radius 1 is 0.548 bits per heavy atom. The van der Waals surface area contributed by atoms with Crippen LogP contribution in [0.1, 0.15) is 163 Å². The summed E-state index contributed by atoms with van der Waals surface area (Å²) in [5.41, 5.74) is 0. The van der Waals surface area contributed by atoms with Gasteiger partial charge in [0, 0.05) is 0 Å². The first kappa shape index (κ1) is 30.5. The molecular weight excluding hydrogens is 380 g/mol. The van der Waals surface area contributed by atoms with Crippen LogP contribution in [0, 0.1) is 11.8 Å². The van der Waals surface area contributed by atoms with E-state index < -0.39 is 0 Å². The second-order valence-corrected chi connectivity index (χ2v) is 10.1. The third kappa shape index (κ3) is 21.1. The van der Waals surface area contributed by atoms with Gasteiger partial charge in [-0.15, -0.1) is 0 Å². The highest BCUT2D eigenvalue weighted by atomic mass is 16.5. The van der Waals surface area contributed by atoms with E-state index >= 15 is 0 Å². The van der Waals surface area contributed by atoms with E-state index in [-0.39, 0.29) is 11.9 Å². The maximum absolute atomic E-state index is 12.4. The summed E-state index contributed by atoms with van der Waals surface area (Å²) in [6.45, 7) is 9.48. The summed E-state index contributed by atoms with van der Waals surface area (Å²) in [5, 5.41) is 0. The largest absolute Gasteiger partial charge is 0.465 e.